The first kappa shape index (κ1) is 19.8. The maximum atomic E-state index is 12.6. The Morgan fingerprint density at radius 1 is 1.28 bits per heavy atom. The minimum Gasteiger partial charge on any atom is -0.486 e. The lowest BCUT2D eigenvalue weighted by Gasteiger charge is -2.25. The molecule has 9 heteroatoms. The van der Waals surface area contributed by atoms with Crippen molar-refractivity contribution in [2.45, 2.75) is 25.0 Å². The minimum absolute atomic E-state index is 0.127. The van der Waals surface area contributed by atoms with Crippen molar-refractivity contribution < 1.29 is 14.3 Å². The van der Waals surface area contributed by atoms with Crippen molar-refractivity contribution in [2.75, 3.05) is 19.0 Å². The summed E-state index contributed by atoms with van der Waals surface area (Å²) in [5.74, 6) is 1.65. The Bertz CT molecular complexity index is 1090. The van der Waals surface area contributed by atoms with Gasteiger partial charge in [-0.3, -0.25) is 9.59 Å². The number of aromatic nitrogens is 2. The second-order valence-electron chi connectivity index (χ2n) is 6.99. The van der Waals surface area contributed by atoms with Crippen molar-refractivity contribution in [2.24, 2.45) is 5.92 Å². The zero-order valence-corrected chi connectivity index (χ0v) is 17.7. The molecule has 0 bridgehead atoms. The second-order valence-corrected chi connectivity index (χ2v) is 8.85. The molecule has 2 N–H and O–H groups in total. The Balaban J connectivity index is 1.44. The fourth-order valence-corrected chi connectivity index (χ4v) is 4.65. The molecule has 1 aliphatic rings. The predicted octanol–water partition coefficient (Wildman–Crippen LogP) is 3.36. The van der Waals surface area contributed by atoms with Gasteiger partial charge in [0.05, 0.1) is 17.2 Å². The lowest BCUT2D eigenvalue weighted by Crippen LogP contribution is -2.33. The predicted molar refractivity (Wildman–Crippen MR) is 114 cm³/mol. The monoisotopic (exact) mass is 431 g/mol. The van der Waals surface area contributed by atoms with Gasteiger partial charge in [-0.05, 0) is 35.1 Å². The molecule has 0 saturated heterocycles. The first-order valence-corrected chi connectivity index (χ1v) is 11.2. The molecule has 1 amide bonds. The summed E-state index contributed by atoms with van der Waals surface area (Å²) in [4.78, 5) is 32.4. The van der Waals surface area contributed by atoms with Crippen LogP contribution >= 0.6 is 23.1 Å². The number of carbonyl (C=O) groups is 1. The van der Waals surface area contributed by atoms with Gasteiger partial charge in [0.25, 0.3) is 5.56 Å². The number of carbonyl (C=O) groups excluding carboxylic acids is 1. The van der Waals surface area contributed by atoms with Gasteiger partial charge in [0.2, 0.25) is 5.91 Å². The SMILES string of the molecule is CC(C)C(NC(=O)CSc1nc2sccc2c(=O)[nH]1)c1ccc2c(c1)OCCO2. The van der Waals surface area contributed by atoms with Gasteiger partial charge in [-0.15, -0.1) is 11.3 Å². The number of benzene rings is 1. The summed E-state index contributed by atoms with van der Waals surface area (Å²) in [5, 5.41) is 5.93. The van der Waals surface area contributed by atoms with Gasteiger partial charge < -0.3 is 19.8 Å². The molecule has 1 unspecified atom stereocenters. The molecule has 0 saturated carbocycles. The van der Waals surface area contributed by atoms with Crippen LogP contribution in [0.5, 0.6) is 11.5 Å². The number of H-pyrrole nitrogens is 1. The van der Waals surface area contributed by atoms with Crippen molar-refractivity contribution in [3.05, 3.63) is 45.6 Å². The Kier molecular flexibility index (Phi) is 5.77. The summed E-state index contributed by atoms with van der Waals surface area (Å²) in [6, 6.07) is 7.34. The summed E-state index contributed by atoms with van der Waals surface area (Å²) >= 11 is 2.62. The van der Waals surface area contributed by atoms with Crippen molar-refractivity contribution in [3.63, 3.8) is 0 Å². The molecule has 4 rings (SSSR count). The molecule has 1 aliphatic heterocycles. The highest BCUT2D eigenvalue weighted by Gasteiger charge is 2.21. The van der Waals surface area contributed by atoms with Gasteiger partial charge in [0, 0.05) is 0 Å². The molecule has 152 valence electrons. The number of ether oxygens (including phenoxy) is 2. The van der Waals surface area contributed by atoms with E-state index in [1.165, 1.54) is 23.1 Å². The van der Waals surface area contributed by atoms with Crippen molar-refractivity contribution in [1.29, 1.82) is 0 Å². The number of nitrogens with one attached hydrogen (secondary N) is 2. The van der Waals surface area contributed by atoms with Crippen LogP contribution in [0.1, 0.15) is 25.5 Å². The third-order valence-corrected chi connectivity index (χ3v) is 6.24. The molecule has 0 fully saturated rings. The number of aromatic amines is 1. The summed E-state index contributed by atoms with van der Waals surface area (Å²) in [7, 11) is 0. The van der Waals surface area contributed by atoms with Crippen molar-refractivity contribution >= 4 is 39.2 Å². The fourth-order valence-electron chi connectivity index (χ4n) is 3.15. The van der Waals surface area contributed by atoms with Gasteiger partial charge in [0.15, 0.2) is 16.7 Å². The van der Waals surface area contributed by atoms with E-state index in [4.69, 9.17) is 9.47 Å². The fraction of sp³-hybridized carbons (Fsp3) is 0.350. The molecular weight excluding hydrogens is 410 g/mol. The third kappa shape index (κ3) is 4.40. The maximum absolute atomic E-state index is 12.6. The molecule has 0 aliphatic carbocycles. The van der Waals surface area contributed by atoms with Gasteiger partial charge in [-0.2, -0.15) is 0 Å². The lowest BCUT2D eigenvalue weighted by atomic mass is 9.95. The molecule has 3 heterocycles. The average Bonchev–Trinajstić information content (AvgIpc) is 3.19. The Labute approximate surface area is 175 Å². The Hall–Kier alpha value is -2.52. The van der Waals surface area contributed by atoms with Crippen LogP contribution in [0.4, 0.5) is 0 Å². The highest BCUT2D eigenvalue weighted by molar-refractivity contribution is 7.99. The van der Waals surface area contributed by atoms with E-state index < -0.39 is 0 Å². The van der Waals surface area contributed by atoms with Crippen LogP contribution < -0.4 is 20.3 Å². The van der Waals surface area contributed by atoms with Crippen LogP contribution in [0.3, 0.4) is 0 Å². The van der Waals surface area contributed by atoms with E-state index in [1.54, 1.807) is 6.07 Å². The molecule has 1 aromatic carbocycles. The number of amides is 1. The van der Waals surface area contributed by atoms with Crippen LogP contribution in [-0.2, 0) is 4.79 Å². The maximum Gasteiger partial charge on any atom is 0.260 e. The van der Waals surface area contributed by atoms with Crippen molar-refractivity contribution in [3.8, 4) is 11.5 Å². The lowest BCUT2D eigenvalue weighted by molar-refractivity contribution is -0.119. The zero-order chi connectivity index (χ0) is 20.4. The Morgan fingerprint density at radius 3 is 2.86 bits per heavy atom. The summed E-state index contributed by atoms with van der Waals surface area (Å²) in [5.41, 5.74) is 0.782. The van der Waals surface area contributed by atoms with E-state index in [0.29, 0.717) is 34.3 Å². The highest BCUT2D eigenvalue weighted by Crippen LogP contribution is 2.34. The molecule has 2 aromatic heterocycles. The number of thioether (sulfide) groups is 1. The first-order valence-electron chi connectivity index (χ1n) is 9.30. The van der Waals surface area contributed by atoms with Crippen LogP contribution in [0.25, 0.3) is 10.2 Å². The van der Waals surface area contributed by atoms with E-state index in [0.717, 1.165) is 11.3 Å². The molecule has 7 nitrogen and oxygen atoms in total. The summed E-state index contributed by atoms with van der Waals surface area (Å²) in [6.45, 7) is 5.17. The number of hydrogen-bond donors (Lipinski definition) is 2. The molecule has 29 heavy (non-hydrogen) atoms. The van der Waals surface area contributed by atoms with E-state index in [1.807, 2.05) is 23.6 Å². The smallest absolute Gasteiger partial charge is 0.260 e. The van der Waals surface area contributed by atoms with E-state index in [9.17, 15) is 9.59 Å². The van der Waals surface area contributed by atoms with Crippen LogP contribution in [0.2, 0.25) is 0 Å². The van der Waals surface area contributed by atoms with E-state index >= 15 is 0 Å². The van der Waals surface area contributed by atoms with Gasteiger partial charge in [-0.25, -0.2) is 4.98 Å². The van der Waals surface area contributed by atoms with Crippen LogP contribution in [0.15, 0.2) is 39.6 Å². The van der Waals surface area contributed by atoms with Crippen LogP contribution in [0, 0.1) is 5.92 Å². The topological polar surface area (TPSA) is 93.3 Å². The van der Waals surface area contributed by atoms with E-state index in [2.05, 4.69) is 29.1 Å². The molecule has 0 radical (unpaired) electrons. The molecule has 3 aromatic rings. The molecule has 1 atom stereocenters. The zero-order valence-electron chi connectivity index (χ0n) is 16.1. The third-order valence-electron chi connectivity index (χ3n) is 4.56. The molecular formula is C20H21N3O4S2. The summed E-state index contributed by atoms with van der Waals surface area (Å²) < 4.78 is 11.2. The normalized spacial score (nSPS) is 14.2. The average molecular weight is 432 g/mol. The van der Waals surface area contributed by atoms with Crippen molar-refractivity contribution in [1.82, 2.24) is 15.3 Å². The minimum atomic E-state index is -0.185. The number of fused-ring (bicyclic) bond motifs is 2. The largest absolute Gasteiger partial charge is 0.486 e. The van der Waals surface area contributed by atoms with Gasteiger partial charge in [0.1, 0.15) is 18.0 Å². The first-order chi connectivity index (χ1) is 14.0. The van der Waals surface area contributed by atoms with Crippen LogP contribution in [-0.4, -0.2) is 34.8 Å². The summed E-state index contributed by atoms with van der Waals surface area (Å²) in [6.07, 6.45) is 0. The van der Waals surface area contributed by atoms with E-state index in [-0.39, 0.29) is 29.2 Å². The number of nitrogens with zero attached hydrogens (tertiary/aromatic N) is 1. The number of rotatable bonds is 6. The van der Waals surface area contributed by atoms with Gasteiger partial charge >= 0.3 is 0 Å². The standard InChI is InChI=1S/C20H21N3O4S2/c1-11(2)17(12-3-4-14-15(9-12)27-7-6-26-14)21-16(24)10-29-20-22-18(25)13-5-8-28-19(13)23-20/h3-5,8-9,11,17H,6-7,10H2,1-2H3,(H,21,24)(H,22,23,25). The molecule has 0 spiro atoms. The number of hydrogen-bond acceptors (Lipinski definition) is 7. The number of thiophene rings is 1. The quantitative estimate of drug-likeness (QED) is 0.459. The Morgan fingerprint density at radius 2 is 2.07 bits per heavy atom. The van der Waals surface area contributed by atoms with Gasteiger partial charge in [-0.1, -0.05) is 31.7 Å². The second kappa shape index (κ2) is 8.46. The highest BCUT2D eigenvalue weighted by atomic mass is 32.2.